The third-order valence-electron chi connectivity index (χ3n) is 4.52. The molecule has 146 valence electrons. The Morgan fingerprint density at radius 1 is 1.15 bits per heavy atom. The molecule has 5 heteroatoms. The van der Waals surface area contributed by atoms with E-state index in [9.17, 15) is 5.11 Å². The highest BCUT2D eigenvalue weighted by atomic mass is 32.1. The summed E-state index contributed by atoms with van der Waals surface area (Å²) in [5.74, 6) is -0.663. The van der Waals surface area contributed by atoms with Crippen LogP contribution in [0.25, 0.3) is 0 Å². The van der Waals surface area contributed by atoms with Crippen molar-refractivity contribution in [2.45, 2.75) is 46.1 Å². The normalized spacial score (nSPS) is 20.1. The summed E-state index contributed by atoms with van der Waals surface area (Å²) >= 11 is 1.80. The van der Waals surface area contributed by atoms with E-state index < -0.39 is 5.91 Å². The molecule has 0 spiro atoms. The molecule has 2 aromatic rings. The first-order valence-corrected chi connectivity index (χ1v) is 10.2. The summed E-state index contributed by atoms with van der Waals surface area (Å²) in [4.78, 5) is 3.53. The number of hydrogen-bond acceptors (Lipinski definition) is 5. The Morgan fingerprint density at radius 3 is 2.48 bits per heavy atom. The van der Waals surface area contributed by atoms with Crippen molar-refractivity contribution < 1.29 is 9.84 Å². The van der Waals surface area contributed by atoms with Crippen LogP contribution in [0.1, 0.15) is 43.2 Å². The summed E-state index contributed by atoms with van der Waals surface area (Å²) in [5.41, 5.74) is 2.86. The van der Waals surface area contributed by atoms with E-state index in [0.29, 0.717) is 5.56 Å². The van der Waals surface area contributed by atoms with Crippen molar-refractivity contribution >= 4 is 11.3 Å². The van der Waals surface area contributed by atoms with Crippen molar-refractivity contribution in [1.29, 1.82) is 0 Å². The summed E-state index contributed by atoms with van der Waals surface area (Å²) in [6, 6.07) is 11.8. The fourth-order valence-corrected chi connectivity index (χ4v) is 4.21. The average Bonchev–Trinajstić information content (AvgIpc) is 3.18. The first-order chi connectivity index (χ1) is 12.7. The molecule has 0 fully saturated rings. The maximum Gasteiger partial charge on any atom is 0.318 e. The zero-order chi connectivity index (χ0) is 19.7. The average molecular weight is 387 g/mol. The highest BCUT2D eigenvalue weighted by Crippen LogP contribution is 2.41. The molecule has 1 aliphatic rings. The Morgan fingerprint density at radius 2 is 1.85 bits per heavy atom. The molecule has 1 unspecified atom stereocenters. The van der Waals surface area contributed by atoms with Crippen molar-refractivity contribution in [2.24, 2.45) is 5.41 Å². The second-order valence-electron chi connectivity index (χ2n) is 8.45. The standard InChI is InChI=1S/C22H30N2O2S/c1-21(2,3)20-19(12-11-18-13-16(15-27-18)14-24(4)5)23-22(25,26-20)17-9-7-6-8-10-17/h6-10,13,15,23,25H,11-12,14H2,1-5H3. The number of thiophene rings is 1. The van der Waals surface area contributed by atoms with Crippen molar-refractivity contribution in [3.8, 4) is 0 Å². The third-order valence-corrected chi connectivity index (χ3v) is 5.56. The number of nitrogens with one attached hydrogen (secondary N) is 1. The fourth-order valence-electron chi connectivity index (χ4n) is 3.33. The smallest absolute Gasteiger partial charge is 0.318 e. The second kappa shape index (κ2) is 7.66. The van der Waals surface area contributed by atoms with Gasteiger partial charge in [0, 0.05) is 22.4 Å². The van der Waals surface area contributed by atoms with Crippen molar-refractivity contribution in [3.63, 3.8) is 0 Å². The highest BCUT2D eigenvalue weighted by molar-refractivity contribution is 7.10. The molecule has 1 aromatic carbocycles. The maximum atomic E-state index is 11.1. The maximum absolute atomic E-state index is 11.1. The van der Waals surface area contributed by atoms with Crippen LogP contribution in [0.15, 0.2) is 53.2 Å². The van der Waals surface area contributed by atoms with Gasteiger partial charge in [-0.1, -0.05) is 51.1 Å². The van der Waals surface area contributed by atoms with E-state index in [1.807, 2.05) is 30.3 Å². The van der Waals surface area contributed by atoms with E-state index >= 15 is 0 Å². The number of ether oxygens (including phenoxy) is 1. The van der Waals surface area contributed by atoms with Gasteiger partial charge in [-0.15, -0.1) is 11.3 Å². The zero-order valence-corrected chi connectivity index (χ0v) is 17.7. The van der Waals surface area contributed by atoms with E-state index in [4.69, 9.17) is 4.74 Å². The van der Waals surface area contributed by atoms with E-state index in [0.717, 1.165) is 30.8 Å². The van der Waals surface area contributed by atoms with Gasteiger partial charge in [0.05, 0.1) is 5.70 Å². The zero-order valence-electron chi connectivity index (χ0n) is 16.9. The second-order valence-corrected chi connectivity index (χ2v) is 9.45. The molecule has 0 bridgehead atoms. The lowest BCUT2D eigenvalue weighted by atomic mass is 9.91. The monoisotopic (exact) mass is 386 g/mol. The molecule has 3 rings (SSSR count). The molecule has 0 radical (unpaired) electrons. The molecule has 1 aromatic heterocycles. The Labute approximate surface area is 166 Å². The number of hydrogen-bond donors (Lipinski definition) is 2. The summed E-state index contributed by atoms with van der Waals surface area (Å²) in [5, 5.41) is 16.6. The summed E-state index contributed by atoms with van der Waals surface area (Å²) in [7, 11) is 4.17. The van der Waals surface area contributed by atoms with Crippen LogP contribution in [-0.4, -0.2) is 24.1 Å². The summed E-state index contributed by atoms with van der Waals surface area (Å²) < 4.78 is 6.08. The van der Waals surface area contributed by atoms with E-state index in [-0.39, 0.29) is 5.41 Å². The molecule has 4 nitrogen and oxygen atoms in total. The number of nitrogens with zero attached hydrogens (tertiary/aromatic N) is 1. The minimum absolute atomic E-state index is 0.187. The minimum Gasteiger partial charge on any atom is -0.443 e. The lowest BCUT2D eigenvalue weighted by Crippen LogP contribution is -2.39. The molecular weight excluding hydrogens is 356 g/mol. The van der Waals surface area contributed by atoms with Crippen LogP contribution in [0, 0.1) is 5.41 Å². The van der Waals surface area contributed by atoms with Gasteiger partial charge in [-0.2, -0.15) is 0 Å². The van der Waals surface area contributed by atoms with Gasteiger partial charge in [0.2, 0.25) is 0 Å². The minimum atomic E-state index is -1.50. The molecular formula is C22H30N2O2S. The molecule has 2 N–H and O–H groups in total. The molecule has 0 saturated carbocycles. The summed E-state index contributed by atoms with van der Waals surface area (Å²) in [6.07, 6.45) is 1.73. The first-order valence-electron chi connectivity index (χ1n) is 9.37. The first kappa shape index (κ1) is 19.9. The van der Waals surface area contributed by atoms with E-state index in [2.05, 4.69) is 56.5 Å². The molecule has 1 aliphatic heterocycles. The molecule has 0 aliphatic carbocycles. The number of aryl methyl sites for hydroxylation is 1. The van der Waals surface area contributed by atoms with Crippen LogP contribution in [0.4, 0.5) is 0 Å². The van der Waals surface area contributed by atoms with Crippen LogP contribution in [0.2, 0.25) is 0 Å². The molecule has 27 heavy (non-hydrogen) atoms. The van der Waals surface area contributed by atoms with Crippen LogP contribution in [-0.2, 0) is 23.6 Å². The topological polar surface area (TPSA) is 44.7 Å². The molecule has 2 heterocycles. The van der Waals surface area contributed by atoms with Gasteiger partial charge in [0.25, 0.3) is 0 Å². The van der Waals surface area contributed by atoms with Crippen molar-refractivity contribution in [1.82, 2.24) is 10.2 Å². The van der Waals surface area contributed by atoms with Gasteiger partial charge in [-0.3, -0.25) is 0 Å². The lowest BCUT2D eigenvalue weighted by Gasteiger charge is -2.27. The van der Waals surface area contributed by atoms with Crippen LogP contribution in [0.3, 0.4) is 0 Å². The molecule has 0 saturated heterocycles. The fraction of sp³-hybridized carbons (Fsp3) is 0.455. The number of rotatable bonds is 6. The van der Waals surface area contributed by atoms with Gasteiger partial charge in [0.1, 0.15) is 5.76 Å². The van der Waals surface area contributed by atoms with Gasteiger partial charge in [0.15, 0.2) is 0 Å². The van der Waals surface area contributed by atoms with Gasteiger partial charge >= 0.3 is 5.91 Å². The highest BCUT2D eigenvalue weighted by Gasteiger charge is 2.43. The van der Waals surface area contributed by atoms with Gasteiger partial charge in [-0.05, 0) is 43.9 Å². The SMILES string of the molecule is CN(C)Cc1csc(CCC2=C(C(C)(C)C)OC(O)(c3ccccc3)N2)c1. The molecule has 1 atom stereocenters. The summed E-state index contributed by atoms with van der Waals surface area (Å²) in [6.45, 7) is 7.30. The number of allylic oxidation sites excluding steroid dienone is 2. The Hall–Kier alpha value is -1.82. The number of aliphatic hydroxyl groups is 1. The van der Waals surface area contributed by atoms with E-state index in [1.165, 1.54) is 10.4 Å². The van der Waals surface area contributed by atoms with Crippen molar-refractivity contribution in [3.05, 3.63) is 69.2 Å². The third kappa shape index (κ3) is 4.72. The lowest BCUT2D eigenvalue weighted by molar-refractivity contribution is -0.193. The number of benzene rings is 1. The van der Waals surface area contributed by atoms with Gasteiger partial charge in [-0.25, -0.2) is 0 Å². The van der Waals surface area contributed by atoms with Crippen LogP contribution in [0.5, 0.6) is 0 Å². The van der Waals surface area contributed by atoms with Crippen molar-refractivity contribution in [2.75, 3.05) is 14.1 Å². The van der Waals surface area contributed by atoms with Crippen LogP contribution >= 0.6 is 11.3 Å². The van der Waals surface area contributed by atoms with Gasteiger partial charge < -0.3 is 20.1 Å². The predicted octanol–water partition coefficient (Wildman–Crippen LogP) is 4.42. The van der Waals surface area contributed by atoms with E-state index in [1.54, 1.807) is 11.3 Å². The molecule has 0 amide bonds. The largest absolute Gasteiger partial charge is 0.443 e. The Balaban J connectivity index is 1.76. The Kier molecular flexibility index (Phi) is 5.65. The van der Waals surface area contributed by atoms with Crippen LogP contribution < -0.4 is 5.32 Å². The predicted molar refractivity (Wildman–Crippen MR) is 111 cm³/mol. The quantitative estimate of drug-likeness (QED) is 0.771. The Bertz CT molecular complexity index is 805.